The number of rotatable bonds is 3. The first-order chi connectivity index (χ1) is 11.0. The van der Waals surface area contributed by atoms with Gasteiger partial charge in [-0.25, -0.2) is 4.68 Å². The van der Waals surface area contributed by atoms with Crippen molar-refractivity contribution < 1.29 is 9.59 Å². The number of carbonyl (C=O) groups is 2. The third-order valence-electron chi connectivity index (χ3n) is 4.25. The first kappa shape index (κ1) is 15.2. The van der Waals surface area contributed by atoms with E-state index in [1.165, 1.54) is 4.68 Å². The number of primary amides is 1. The number of carbonyl (C=O) groups excluding carboxylic acids is 2. The summed E-state index contributed by atoms with van der Waals surface area (Å²) in [6.07, 6.45) is 0.562. The number of hydrogen-bond donors (Lipinski definition) is 1. The monoisotopic (exact) mass is 314 g/mol. The molecule has 1 aromatic heterocycles. The van der Waals surface area contributed by atoms with Crippen molar-refractivity contribution in [3.63, 3.8) is 0 Å². The zero-order valence-electron chi connectivity index (χ0n) is 12.9. The first-order valence-electron chi connectivity index (χ1n) is 7.61. The Morgan fingerprint density at radius 1 is 1.30 bits per heavy atom. The van der Waals surface area contributed by atoms with Crippen LogP contribution in [0.4, 0.5) is 0 Å². The van der Waals surface area contributed by atoms with Crippen LogP contribution in [-0.2, 0) is 11.3 Å². The normalized spacial score (nSPS) is 17.6. The molecule has 1 unspecified atom stereocenters. The second-order valence-electron chi connectivity index (χ2n) is 5.65. The number of amides is 2. The maximum Gasteiger partial charge on any atom is 0.274 e. The summed E-state index contributed by atoms with van der Waals surface area (Å²) in [7, 11) is 0. The summed E-state index contributed by atoms with van der Waals surface area (Å²) in [5.74, 6) is -0.980. The van der Waals surface area contributed by atoms with Gasteiger partial charge in [0.1, 0.15) is 0 Å². The largest absolute Gasteiger partial charge is 0.369 e. The van der Waals surface area contributed by atoms with E-state index in [1.807, 2.05) is 0 Å². The first-order valence-corrected chi connectivity index (χ1v) is 7.61. The summed E-state index contributed by atoms with van der Waals surface area (Å²) in [4.78, 5) is 38.0. The lowest BCUT2D eigenvalue weighted by molar-refractivity contribution is -0.121. The van der Waals surface area contributed by atoms with E-state index in [4.69, 9.17) is 5.73 Å². The second kappa shape index (κ2) is 5.83. The molecule has 1 fully saturated rings. The second-order valence-corrected chi connectivity index (χ2v) is 5.65. The van der Waals surface area contributed by atoms with Gasteiger partial charge in [-0.2, -0.15) is 5.10 Å². The summed E-state index contributed by atoms with van der Waals surface area (Å²) < 4.78 is 1.29. The maximum atomic E-state index is 12.8. The summed E-state index contributed by atoms with van der Waals surface area (Å²) >= 11 is 0. The van der Waals surface area contributed by atoms with E-state index in [0.717, 1.165) is 0 Å². The molecule has 0 aliphatic carbocycles. The Bertz CT molecular complexity index is 843. The highest BCUT2D eigenvalue weighted by Gasteiger charge is 2.31. The number of benzene rings is 1. The van der Waals surface area contributed by atoms with Crippen LogP contribution >= 0.6 is 0 Å². The highest BCUT2D eigenvalue weighted by Crippen LogP contribution is 2.21. The summed E-state index contributed by atoms with van der Waals surface area (Å²) in [5, 5.41) is 5.24. The van der Waals surface area contributed by atoms with Crippen LogP contribution in [0.2, 0.25) is 0 Å². The van der Waals surface area contributed by atoms with E-state index in [-0.39, 0.29) is 23.1 Å². The van der Waals surface area contributed by atoms with Gasteiger partial charge in [0.2, 0.25) is 5.91 Å². The van der Waals surface area contributed by atoms with Crippen LogP contribution in [0.25, 0.3) is 10.8 Å². The highest BCUT2D eigenvalue weighted by molar-refractivity contribution is 6.05. The van der Waals surface area contributed by atoms with Gasteiger partial charge < -0.3 is 10.6 Å². The molecule has 2 aromatic rings. The number of hydrogen-bond acceptors (Lipinski definition) is 4. The molecule has 2 amide bonds. The minimum absolute atomic E-state index is 0.212. The van der Waals surface area contributed by atoms with Gasteiger partial charge in [0.25, 0.3) is 11.5 Å². The molecule has 0 radical (unpaired) electrons. The molecule has 1 aliphatic heterocycles. The fraction of sp³-hybridized carbons (Fsp3) is 0.375. The predicted octanol–water partition coefficient (Wildman–Crippen LogP) is 0.364. The minimum atomic E-state index is -0.392. The molecule has 0 bridgehead atoms. The van der Waals surface area contributed by atoms with E-state index in [0.29, 0.717) is 36.8 Å². The molecule has 1 atom stereocenters. The predicted molar refractivity (Wildman–Crippen MR) is 84.9 cm³/mol. The van der Waals surface area contributed by atoms with Gasteiger partial charge in [-0.3, -0.25) is 14.4 Å². The van der Waals surface area contributed by atoms with Crippen LogP contribution in [0.1, 0.15) is 23.8 Å². The van der Waals surface area contributed by atoms with Crippen LogP contribution in [0.3, 0.4) is 0 Å². The van der Waals surface area contributed by atoms with E-state index < -0.39 is 5.91 Å². The molecule has 120 valence electrons. The molecule has 2 heterocycles. The quantitative estimate of drug-likeness (QED) is 0.884. The van der Waals surface area contributed by atoms with Crippen molar-refractivity contribution in [3.05, 3.63) is 40.3 Å². The number of aromatic nitrogens is 2. The Morgan fingerprint density at radius 2 is 2.00 bits per heavy atom. The van der Waals surface area contributed by atoms with Gasteiger partial charge in [0, 0.05) is 25.0 Å². The summed E-state index contributed by atoms with van der Waals surface area (Å²) in [6, 6.07) is 6.95. The summed E-state index contributed by atoms with van der Waals surface area (Å²) in [5.41, 5.74) is 5.35. The SMILES string of the molecule is CCn1nc(C(=O)N2CCC(C(N)=O)C2)c2ccccc2c1=O. The average molecular weight is 314 g/mol. The van der Waals surface area contributed by atoms with Gasteiger partial charge in [-0.1, -0.05) is 18.2 Å². The molecule has 3 rings (SSSR count). The molecule has 1 aliphatic rings. The van der Waals surface area contributed by atoms with Crippen molar-refractivity contribution in [1.82, 2.24) is 14.7 Å². The van der Waals surface area contributed by atoms with E-state index in [1.54, 1.807) is 36.1 Å². The third kappa shape index (κ3) is 2.58. The van der Waals surface area contributed by atoms with Crippen molar-refractivity contribution in [2.24, 2.45) is 11.7 Å². The molecular weight excluding hydrogens is 296 g/mol. The molecule has 7 nitrogen and oxygen atoms in total. The maximum absolute atomic E-state index is 12.8. The smallest absolute Gasteiger partial charge is 0.274 e. The van der Waals surface area contributed by atoms with Crippen molar-refractivity contribution in [3.8, 4) is 0 Å². The number of fused-ring (bicyclic) bond motifs is 1. The Labute approximate surface area is 132 Å². The van der Waals surface area contributed by atoms with Crippen LogP contribution in [0, 0.1) is 5.92 Å². The Morgan fingerprint density at radius 3 is 2.61 bits per heavy atom. The van der Waals surface area contributed by atoms with Crippen LogP contribution in [0.15, 0.2) is 29.1 Å². The van der Waals surface area contributed by atoms with Crippen LogP contribution in [0.5, 0.6) is 0 Å². The lowest BCUT2D eigenvalue weighted by Gasteiger charge is -2.17. The average Bonchev–Trinajstić information content (AvgIpc) is 3.05. The van der Waals surface area contributed by atoms with Crippen molar-refractivity contribution in [1.29, 1.82) is 0 Å². The molecule has 1 saturated heterocycles. The van der Waals surface area contributed by atoms with Gasteiger partial charge in [-0.05, 0) is 19.4 Å². The van der Waals surface area contributed by atoms with Crippen molar-refractivity contribution in [2.75, 3.05) is 13.1 Å². The fourth-order valence-electron chi connectivity index (χ4n) is 2.93. The van der Waals surface area contributed by atoms with E-state index >= 15 is 0 Å². The van der Waals surface area contributed by atoms with Crippen LogP contribution < -0.4 is 11.3 Å². The summed E-state index contributed by atoms with van der Waals surface area (Å²) in [6.45, 7) is 2.95. The molecule has 23 heavy (non-hydrogen) atoms. The van der Waals surface area contributed by atoms with Gasteiger partial charge in [0.05, 0.1) is 11.3 Å². The van der Waals surface area contributed by atoms with E-state index in [9.17, 15) is 14.4 Å². The number of aryl methyl sites for hydroxylation is 1. The Balaban J connectivity index is 2.06. The third-order valence-corrected chi connectivity index (χ3v) is 4.25. The standard InChI is InChI=1S/C16H18N4O3/c1-2-20-15(22)12-6-4-3-5-11(12)13(18-20)16(23)19-8-7-10(9-19)14(17)21/h3-6,10H,2,7-9H2,1H3,(H2,17,21). The molecule has 0 saturated carbocycles. The number of likely N-dealkylation sites (tertiary alicyclic amines) is 1. The molecule has 1 aromatic carbocycles. The van der Waals surface area contributed by atoms with Crippen LogP contribution in [-0.4, -0.2) is 39.6 Å². The van der Waals surface area contributed by atoms with Gasteiger partial charge in [0.15, 0.2) is 5.69 Å². The van der Waals surface area contributed by atoms with E-state index in [2.05, 4.69) is 5.10 Å². The Hall–Kier alpha value is -2.70. The van der Waals surface area contributed by atoms with Gasteiger partial charge in [-0.15, -0.1) is 0 Å². The fourth-order valence-corrected chi connectivity index (χ4v) is 2.93. The molecule has 0 spiro atoms. The number of nitrogens with two attached hydrogens (primary N) is 1. The molecule has 7 heteroatoms. The minimum Gasteiger partial charge on any atom is -0.369 e. The van der Waals surface area contributed by atoms with Crippen molar-refractivity contribution >= 4 is 22.6 Å². The zero-order chi connectivity index (χ0) is 16.6. The van der Waals surface area contributed by atoms with Crippen molar-refractivity contribution in [2.45, 2.75) is 19.9 Å². The topological polar surface area (TPSA) is 98.3 Å². The molecule has 2 N–H and O–H groups in total. The zero-order valence-corrected chi connectivity index (χ0v) is 12.9. The Kier molecular flexibility index (Phi) is 3.85. The highest BCUT2D eigenvalue weighted by atomic mass is 16.2. The molecular formula is C16H18N4O3. The number of nitrogens with zero attached hydrogens (tertiary/aromatic N) is 3. The van der Waals surface area contributed by atoms with Gasteiger partial charge >= 0.3 is 0 Å². The lowest BCUT2D eigenvalue weighted by atomic mass is 10.1. The lowest BCUT2D eigenvalue weighted by Crippen LogP contribution is -2.34.